The lowest BCUT2D eigenvalue weighted by atomic mass is 10.2. The molecule has 3 heterocycles. The molecule has 0 atom stereocenters. The van der Waals surface area contributed by atoms with Gasteiger partial charge in [0, 0.05) is 23.9 Å². The quantitative estimate of drug-likeness (QED) is 0.349. The summed E-state index contributed by atoms with van der Waals surface area (Å²) in [6.45, 7) is 10.6. The molecule has 6 nitrogen and oxygen atoms in total. The van der Waals surface area contributed by atoms with Crippen molar-refractivity contribution in [3.8, 4) is 11.3 Å². The Bertz CT molecular complexity index is 1180. The van der Waals surface area contributed by atoms with Crippen LogP contribution in [0.25, 0.3) is 26.4 Å². The first-order valence-corrected chi connectivity index (χ1v) is 13.2. The zero-order valence-electron chi connectivity index (χ0n) is 20.2. The number of imidazole rings is 1. The number of fused-ring (bicyclic) bond motifs is 3. The molecule has 1 saturated heterocycles. The van der Waals surface area contributed by atoms with E-state index in [-0.39, 0.29) is 5.91 Å². The van der Waals surface area contributed by atoms with E-state index in [2.05, 4.69) is 52.1 Å². The number of hydrogen-bond acceptors (Lipinski definition) is 5. The average Bonchev–Trinajstić information content (AvgIpc) is 3.63. The zero-order chi connectivity index (χ0) is 23.8. The van der Waals surface area contributed by atoms with Crippen molar-refractivity contribution in [1.82, 2.24) is 24.9 Å². The summed E-state index contributed by atoms with van der Waals surface area (Å²) in [4.78, 5) is 20.6. The first kappa shape index (κ1) is 24.4. The van der Waals surface area contributed by atoms with Crippen molar-refractivity contribution in [1.29, 1.82) is 0 Å². The minimum Gasteiger partial charge on any atom is -0.352 e. The molecule has 2 aromatic heterocycles. The van der Waals surface area contributed by atoms with E-state index < -0.39 is 0 Å². The van der Waals surface area contributed by atoms with Crippen molar-refractivity contribution < 1.29 is 4.79 Å². The van der Waals surface area contributed by atoms with Gasteiger partial charge in [-0.25, -0.2) is 4.98 Å². The molecule has 1 fully saturated rings. The van der Waals surface area contributed by atoms with Crippen LogP contribution in [-0.4, -0.2) is 59.5 Å². The van der Waals surface area contributed by atoms with Crippen molar-refractivity contribution in [2.45, 2.75) is 33.1 Å². The third-order valence-electron chi connectivity index (χ3n) is 6.21. The highest BCUT2D eigenvalue weighted by Gasteiger charge is 2.13. The van der Waals surface area contributed by atoms with Crippen molar-refractivity contribution in [2.24, 2.45) is 0 Å². The highest BCUT2D eigenvalue weighted by molar-refractivity contribution is 7.23. The lowest BCUT2D eigenvalue weighted by Gasteiger charge is -2.17. The molecule has 2 aromatic carbocycles. The number of rotatable bonds is 8. The van der Waals surface area contributed by atoms with Crippen LogP contribution < -0.4 is 10.6 Å². The van der Waals surface area contributed by atoms with E-state index in [1.807, 2.05) is 36.4 Å². The number of carbonyl (C=O) groups is 1. The van der Waals surface area contributed by atoms with Gasteiger partial charge < -0.3 is 15.5 Å². The highest BCUT2D eigenvalue weighted by atomic mass is 32.1. The number of nitrogens with one attached hydrogen (secondary N) is 2. The summed E-state index contributed by atoms with van der Waals surface area (Å²) < 4.78 is 3.18. The van der Waals surface area contributed by atoms with Gasteiger partial charge in [-0.3, -0.25) is 9.20 Å². The van der Waals surface area contributed by atoms with Crippen LogP contribution in [0.3, 0.4) is 0 Å². The van der Waals surface area contributed by atoms with Crippen LogP contribution in [0.15, 0.2) is 54.7 Å². The van der Waals surface area contributed by atoms with Crippen LogP contribution in [0.1, 0.15) is 43.5 Å². The summed E-state index contributed by atoms with van der Waals surface area (Å²) >= 11 is 1.61. The number of carbonyl (C=O) groups excluding carboxylic acids is 1. The first-order chi connectivity index (χ1) is 16.7. The molecule has 4 aromatic rings. The Kier molecular flexibility index (Phi) is 8.68. The van der Waals surface area contributed by atoms with E-state index in [1.165, 1.54) is 25.9 Å². The maximum absolute atomic E-state index is 12.5. The van der Waals surface area contributed by atoms with E-state index >= 15 is 0 Å². The number of hydrogen-bond donors (Lipinski definition) is 2. The highest BCUT2D eigenvalue weighted by Crippen LogP contribution is 2.30. The summed E-state index contributed by atoms with van der Waals surface area (Å²) in [5, 5.41) is 6.26. The second kappa shape index (κ2) is 12.1. The third-order valence-corrected chi connectivity index (χ3v) is 7.23. The van der Waals surface area contributed by atoms with E-state index in [9.17, 15) is 4.79 Å². The summed E-state index contributed by atoms with van der Waals surface area (Å²) in [5.74, 6) is -0.0116. The molecular weight excluding hydrogens is 442 g/mol. The Morgan fingerprint density at radius 3 is 2.56 bits per heavy atom. The van der Waals surface area contributed by atoms with Crippen LogP contribution in [0.4, 0.5) is 0 Å². The van der Waals surface area contributed by atoms with Crippen LogP contribution in [0.2, 0.25) is 0 Å². The third kappa shape index (κ3) is 6.03. The van der Waals surface area contributed by atoms with E-state index in [1.54, 1.807) is 11.3 Å². The Hall–Kier alpha value is -2.74. The minimum atomic E-state index is -0.0116. The lowest BCUT2D eigenvalue weighted by Crippen LogP contribution is -2.29. The van der Waals surface area contributed by atoms with Crippen LogP contribution in [0, 0.1) is 0 Å². The van der Waals surface area contributed by atoms with Crippen molar-refractivity contribution in [3.05, 3.63) is 60.3 Å². The Morgan fingerprint density at radius 2 is 1.88 bits per heavy atom. The molecule has 1 aliphatic rings. The minimum absolute atomic E-state index is 0.0116. The molecule has 0 radical (unpaired) electrons. The molecule has 0 spiro atoms. The second-order valence-corrected chi connectivity index (χ2v) is 9.53. The molecule has 0 aliphatic carbocycles. The fourth-order valence-electron chi connectivity index (χ4n) is 4.16. The Labute approximate surface area is 206 Å². The van der Waals surface area contributed by atoms with Crippen LogP contribution >= 0.6 is 11.3 Å². The predicted octanol–water partition coefficient (Wildman–Crippen LogP) is 5.05. The number of nitrogens with zero attached hydrogens (tertiary/aromatic N) is 3. The standard InChI is InChI=1S/C23H26N4OS.C4H9N/c1-3-26(4-2)14-8-13-24-22(28)18-11-12-20-21(15-18)29-23-25-19(16-27(20)23)17-9-6-5-7-10-17;1-2-4-5-3-1/h5-7,9-12,15-16H,3-4,8,13-14H2,1-2H3,(H,24,28);5H,1-4H2. The molecular formula is C27H35N5OS. The molecule has 5 rings (SSSR count). The fraction of sp³-hybridized carbons (Fsp3) is 0.407. The van der Waals surface area contributed by atoms with Crippen molar-refractivity contribution in [2.75, 3.05) is 39.3 Å². The largest absolute Gasteiger partial charge is 0.352 e. The van der Waals surface area contributed by atoms with Crippen molar-refractivity contribution >= 4 is 32.4 Å². The molecule has 1 amide bonds. The predicted molar refractivity (Wildman–Crippen MR) is 143 cm³/mol. The van der Waals surface area contributed by atoms with Gasteiger partial charge >= 0.3 is 0 Å². The molecule has 34 heavy (non-hydrogen) atoms. The SMILES string of the molecule is C1CCNC1.CCN(CC)CCCNC(=O)c1ccc2c(c1)sc1nc(-c3ccccc3)cn12. The molecule has 2 N–H and O–H groups in total. The van der Waals surface area contributed by atoms with Gasteiger partial charge in [-0.15, -0.1) is 0 Å². The zero-order valence-corrected chi connectivity index (χ0v) is 21.0. The first-order valence-electron chi connectivity index (χ1n) is 12.4. The molecule has 7 heteroatoms. The second-order valence-electron chi connectivity index (χ2n) is 8.52. The van der Waals surface area contributed by atoms with Crippen LogP contribution in [-0.2, 0) is 0 Å². The molecule has 0 saturated carbocycles. The van der Waals surface area contributed by atoms with Crippen molar-refractivity contribution in [3.63, 3.8) is 0 Å². The fourth-order valence-corrected chi connectivity index (χ4v) is 5.21. The van der Waals surface area contributed by atoms with Gasteiger partial charge in [-0.1, -0.05) is 55.5 Å². The Balaban J connectivity index is 0.000000486. The number of aromatic nitrogens is 2. The van der Waals surface area contributed by atoms with Gasteiger partial charge in [0.25, 0.3) is 5.91 Å². The van der Waals surface area contributed by atoms with Gasteiger partial charge in [0.05, 0.1) is 15.9 Å². The molecule has 1 aliphatic heterocycles. The number of benzene rings is 2. The average molecular weight is 478 g/mol. The number of amides is 1. The summed E-state index contributed by atoms with van der Waals surface area (Å²) in [7, 11) is 0. The molecule has 0 bridgehead atoms. The van der Waals surface area contributed by atoms with Gasteiger partial charge in [0.2, 0.25) is 0 Å². The van der Waals surface area contributed by atoms with E-state index in [0.717, 1.165) is 52.5 Å². The lowest BCUT2D eigenvalue weighted by molar-refractivity contribution is 0.0952. The maximum atomic E-state index is 12.5. The number of thiazole rings is 1. The monoisotopic (exact) mass is 477 g/mol. The molecule has 180 valence electrons. The molecule has 0 unspecified atom stereocenters. The van der Waals surface area contributed by atoms with E-state index in [4.69, 9.17) is 4.98 Å². The summed E-state index contributed by atoms with van der Waals surface area (Å²) in [5.41, 5.74) is 3.86. The Morgan fingerprint density at radius 1 is 1.12 bits per heavy atom. The van der Waals surface area contributed by atoms with Gasteiger partial charge in [0.1, 0.15) is 0 Å². The van der Waals surface area contributed by atoms with Gasteiger partial charge in [-0.2, -0.15) is 0 Å². The normalized spacial score (nSPS) is 13.4. The topological polar surface area (TPSA) is 61.7 Å². The smallest absolute Gasteiger partial charge is 0.251 e. The summed E-state index contributed by atoms with van der Waals surface area (Å²) in [6, 6.07) is 16.1. The summed E-state index contributed by atoms with van der Waals surface area (Å²) in [6.07, 6.45) is 5.81. The van der Waals surface area contributed by atoms with E-state index in [0.29, 0.717) is 12.1 Å². The van der Waals surface area contributed by atoms with Crippen LogP contribution in [0.5, 0.6) is 0 Å². The maximum Gasteiger partial charge on any atom is 0.251 e. The van der Waals surface area contributed by atoms with Gasteiger partial charge in [-0.05, 0) is 70.2 Å². The van der Waals surface area contributed by atoms with Gasteiger partial charge in [0.15, 0.2) is 4.96 Å².